The van der Waals surface area contributed by atoms with Gasteiger partial charge in [0.25, 0.3) is 11.8 Å². The van der Waals surface area contributed by atoms with Crippen molar-refractivity contribution in [1.82, 2.24) is 19.7 Å². The molecule has 0 aliphatic carbocycles. The molecule has 3 aliphatic rings. The average Bonchev–Trinajstić information content (AvgIpc) is 3.14. The highest BCUT2D eigenvalue weighted by Gasteiger charge is 2.47. The molecule has 32 heavy (non-hydrogen) atoms. The van der Waals surface area contributed by atoms with Crippen LogP contribution in [0.2, 0.25) is 0 Å². The molecular formula is C22H22F2N4O4. The normalized spacial score (nSPS) is 22.3. The van der Waals surface area contributed by atoms with Crippen molar-refractivity contribution in [2.45, 2.75) is 44.6 Å². The number of carbonyl (C=O) groups excluding carboxylic acids is 2. The van der Waals surface area contributed by atoms with E-state index in [0.29, 0.717) is 19.2 Å². The topological polar surface area (TPSA) is 94.9 Å². The summed E-state index contributed by atoms with van der Waals surface area (Å²) in [6.07, 6.45) is 4.23. The molecule has 3 aliphatic heterocycles. The molecule has 1 aromatic heterocycles. The fourth-order valence-electron chi connectivity index (χ4n) is 4.99. The number of hydrogen-bond acceptors (Lipinski definition) is 5. The molecule has 2 amide bonds. The lowest BCUT2D eigenvalue weighted by atomic mass is 10.0. The number of pyridine rings is 1. The minimum atomic E-state index is -0.961. The Morgan fingerprint density at radius 3 is 2.78 bits per heavy atom. The zero-order valence-corrected chi connectivity index (χ0v) is 17.2. The van der Waals surface area contributed by atoms with Crippen LogP contribution in [0.4, 0.5) is 8.78 Å². The van der Waals surface area contributed by atoms with Gasteiger partial charge >= 0.3 is 0 Å². The standard InChI is InChI=1S/C22H22F2N4O4/c23-13-5-4-12(16(24)7-13)8-25-21(31)15-10-26-11-17-27-6-2-1-3-14(27)9-28(17)22(32)18(26)20(30)19(15)29/h4-5,7,10,14,17,30H,1-3,6,8-9,11H2,(H,25,31)/t14?,17-/m1/s1. The van der Waals surface area contributed by atoms with E-state index in [1.807, 2.05) is 0 Å². The molecule has 10 heteroatoms. The molecule has 2 fully saturated rings. The first-order chi connectivity index (χ1) is 15.3. The Hall–Kier alpha value is -3.27. The van der Waals surface area contributed by atoms with Crippen molar-refractivity contribution in [3.63, 3.8) is 0 Å². The van der Waals surface area contributed by atoms with Gasteiger partial charge in [0.05, 0.1) is 6.54 Å². The summed E-state index contributed by atoms with van der Waals surface area (Å²) in [5.74, 6) is -3.57. The summed E-state index contributed by atoms with van der Waals surface area (Å²) in [5, 5.41) is 12.9. The van der Waals surface area contributed by atoms with Crippen LogP contribution >= 0.6 is 0 Å². The summed E-state index contributed by atoms with van der Waals surface area (Å²) in [4.78, 5) is 42.4. The Morgan fingerprint density at radius 2 is 2.00 bits per heavy atom. The molecule has 2 atom stereocenters. The average molecular weight is 444 g/mol. The van der Waals surface area contributed by atoms with Crippen molar-refractivity contribution in [3.8, 4) is 5.75 Å². The smallest absolute Gasteiger partial charge is 0.275 e. The van der Waals surface area contributed by atoms with Gasteiger partial charge in [-0.15, -0.1) is 0 Å². The lowest BCUT2D eigenvalue weighted by molar-refractivity contribution is 0.0451. The summed E-state index contributed by atoms with van der Waals surface area (Å²) < 4.78 is 28.4. The Labute approximate surface area is 182 Å². The number of carbonyl (C=O) groups is 2. The minimum absolute atomic E-state index is 0.0509. The first-order valence-corrected chi connectivity index (χ1v) is 10.6. The molecule has 1 aromatic carbocycles. The van der Waals surface area contributed by atoms with E-state index in [9.17, 15) is 28.3 Å². The molecule has 1 unspecified atom stereocenters. The lowest BCUT2D eigenvalue weighted by Gasteiger charge is -2.38. The predicted octanol–water partition coefficient (Wildman–Crippen LogP) is 1.41. The number of rotatable bonds is 3. The first-order valence-electron chi connectivity index (χ1n) is 10.6. The Kier molecular flexibility index (Phi) is 4.96. The highest BCUT2D eigenvalue weighted by Crippen LogP contribution is 2.34. The third-order valence-corrected chi connectivity index (χ3v) is 6.60. The third-order valence-electron chi connectivity index (χ3n) is 6.60. The number of piperidine rings is 1. The molecule has 2 saturated heterocycles. The van der Waals surface area contributed by atoms with Crippen LogP contribution in [0.15, 0.2) is 29.2 Å². The van der Waals surface area contributed by atoms with Crippen molar-refractivity contribution < 1.29 is 23.5 Å². The van der Waals surface area contributed by atoms with Gasteiger partial charge in [0, 0.05) is 43.5 Å². The van der Waals surface area contributed by atoms with Crippen LogP contribution < -0.4 is 10.7 Å². The largest absolute Gasteiger partial charge is 0.503 e. The first kappa shape index (κ1) is 20.6. The van der Waals surface area contributed by atoms with Crippen LogP contribution in [0.5, 0.6) is 5.75 Å². The van der Waals surface area contributed by atoms with Crippen LogP contribution in [0.1, 0.15) is 45.7 Å². The fourth-order valence-corrected chi connectivity index (χ4v) is 4.99. The minimum Gasteiger partial charge on any atom is -0.503 e. The van der Waals surface area contributed by atoms with E-state index in [-0.39, 0.29) is 35.6 Å². The lowest BCUT2D eigenvalue weighted by Crippen LogP contribution is -2.51. The number of amides is 2. The Bertz CT molecular complexity index is 1180. The molecule has 8 nitrogen and oxygen atoms in total. The number of aromatic nitrogens is 1. The van der Waals surface area contributed by atoms with E-state index in [4.69, 9.17) is 0 Å². The molecule has 0 spiro atoms. The molecular weight excluding hydrogens is 422 g/mol. The van der Waals surface area contributed by atoms with E-state index in [0.717, 1.165) is 31.9 Å². The van der Waals surface area contributed by atoms with Crippen molar-refractivity contribution in [3.05, 3.63) is 63.1 Å². The quantitative estimate of drug-likeness (QED) is 0.747. The van der Waals surface area contributed by atoms with Crippen LogP contribution in [0, 0.1) is 11.6 Å². The molecule has 168 valence electrons. The van der Waals surface area contributed by atoms with E-state index in [2.05, 4.69) is 10.2 Å². The van der Waals surface area contributed by atoms with Gasteiger partial charge < -0.3 is 19.9 Å². The number of fused-ring (bicyclic) bond motifs is 4. The van der Waals surface area contributed by atoms with Crippen LogP contribution in [-0.4, -0.2) is 56.6 Å². The van der Waals surface area contributed by atoms with E-state index in [1.54, 1.807) is 4.90 Å². The van der Waals surface area contributed by atoms with Crippen LogP contribution in [0.3, 0.4) is 0 Å². The van der Waals surface area contributed by atoms with Crippen molar-refractivity contribution in [2.75, 3.05) is 13.1 Å². The molecule has 4 heterocycles. The molecule has 5 rings (SSSR count). The van der Waals surface area contributed by atoms with Crippen molar-refractivity contribution >= 4 is 11.8 Å². The number of benzene rings is 1. The van der Waals surface area contributed by atoms with Gasteiger partial charge in [-0.05, 0) is 18.9 Å². The van der Waals surface area contributed by atoms with Gasteiger partial charge in [0.1, 0.15) is 23.4 Å². The molecule has 2 aromatic rings. The summed E-state index contributed by atoms with van der Waals surface area (Å²) in [6.45, 7) is 1.50. The van der Waals surface area contributed by atoms with Crippen molar-refractivity contribution in [1.29, 1.82) is 0 Å². The summed E-state index contributed by atoms with van der Waals surface area (Å²) in [7, 11) is 0. The molecule has 0 saturated carbocycles. The Morgan fingerprint density at radius 1 is 1.19 bits per heavy atom. The van der Waals surface area contributed by atoms with Gasteiger partial charge in [-0.2, -0.15) is 0 Å². The van der Waals surface area contributed by atoms with E-state index in [1.165, 1.54) is 16.8 Å². The third kappa shape index (κ3) is 3.26. The number of aromatic hydroxyl groups is 1. The van der Waals surface area contributed by atoms with Gasteiger partial charge in [0.2, 0.25) is 5.43 Å². The Balaban J connectivity index is 1.43. The maximum Gasteiger partial charge on any atom is 0.275 e. The van der Waals surface area contributed by atoms with Gasteiger partial charge in [-0.25, -0.2) is 8.78 Å². The maximum absolute atomic E-state index is 13.8. The second-order valence-corrected chi connectivity index (χ2v) is 8.47. The molecule has 0 bridgehead atoms. The number of halogens is 2. The SMILES string of the molecule is O=C(NCc1ccc(F)cc1F)c1cn2c(c(O)c1=O)C(=O)N1CC3CCCCN3[C@H]1C2. The van der Waals surface area contributed by atoms with Gasteiger partial charge in [-0.3, -0.25) is 19.3 Å². The number of hydrogen-bond donors (Lipinski definition) is 2. The zero-order chi connectivity index (χ0) is 22.6. The summed E-state index contributed by atoms with van der Waals surface area (Å²) in [6, 6.07) is 3.23. The van der Waals surface area contributed by atoms with Crippen LogP contribution in [-0.2, 0) is 13.1 Å². The number of nitrogens with zero attached hydrogens (tertiary/aromatic N) is 3. The second-order valence-electron chi connectivity index (χ2n) is 8.47. The second kappa shape index (κ2) is 7.70. The van der Waals surface area contributed by atoms with Gasteiger partial charge in [0.15, 0.2) is 11.4 Å². The monoisotopic (exact) mass is 444 g/mol. The van der Waals surface area contributed by atoms with E-state index >= 15 is 0 Å². The fraction of sp³-hybridized carbons (Fsp3) is 0.409. The van der Waals surface area contributed by atoms with E-state index < -0.39 is 34.6 Å². The predicted molar refractivity (Wildman–Crippen MR) is 109 cm³/mol. The molecule has 2 N–H and O–H groups in total. The number of nitrogens with one attached hydrogen (secondary N) is 1. The summed E-state index contributed by atoms with van der Waals surface area (Å²) in [5.41, 5.74) is -1.37. The van der Waals surface area contributed by atoms with Crippen LogP contribution in [0.25, 0.3) is 0 Å². The maximum atomic E-state index is 13.8. The zero-order valence-electron chi connectivity index (χ0n) is 17.2. The van der Waals surface area contributed by atoms with Crippen molar-refractivity contribution in [2.24, 2.45) is 0 Å². The molecule has 0 radical (unpaired) electrons. The summed E-state index contributed by atoms with van der Waals surface area (Å²) >= 11 is 0. The highest BCUT2D eigenvalue weighted by molar-refractivity contribution is 5.99. The van der Waals surface area contributed by atoms with Gasteiger partial charge in [-0.1, -0.05) is 12.5 Å². The highest BCUT2D eigenvalue weighted by atomic mass is 19.1.